The van der Waals surface area contributed by atoms with E-state index in [1.807, 2.05) is 0 Å². The number of hydrogen-bond donors (Lipinski definition) is 2. The molecule has 20 heavy (non-hydrogen) atoms. The largest absolute Gasteiger partial charge is 0.507 e. The van der Waals surface area contributed by atoms with Crippen LogP contribution in [0.25, 0.3) is 0 Å². The second-order valence-corrected chi connectivity index (χ2v) is 5.06. The van der Waals surface area contributed by atoms with E-state index in [2.05, 4.69) is 4.99 Å². The summed E-state index contributed by atoms with van der Waals surface area (Å²) in [6.45, 7) is 0. The van der Waals surface area contributed by atoms with E-state index in [1.54, 1.807) is 32.6 Å². The van der Waals surface area contributed by atoms with Gasteiger partial charge in [0, 0.05) is 24.4 Å². The first-order valence-electron chi connectivity index (χ1n) is 6.89. The second kappa shape index (κ2) is 6.61. The molecule has 0 bridgehead atoms. The van der Waals surface area contributed by atoms with Gasteiger partial charge in [-0.05, 0) is 12.8 Å². The van der Waals surface area contributed by atoms with Gasteiger partial charge in [0.1, 0.15) is 17.2 Å². The maximum Gasteiger partial charge on any atom is 0.135 e. The summed E-state index contributed by atoms with van der Waals surface area (Å²) in [5.41, 5.74) is 6.63. The van der Waals surface area contributed by atoms with Crippen molar-refractivity contribution in [1.29, 1.82) is 0 Å². The molecule has 5 nitrogen and oxygen atoms in total. The third-order valence-corrected chi connectivity index (χ3v) is 3.73. The lowest BCUT2D eigenvalue weighted by molar-refractivity contribution is 0.382. The molecule has 3 N–H and O–H groups in total. The van der Waals surface area contributed by atoms with Crippen LogP contribution in [0.3, 0.4) is 0 Å². The van der Waals surface area contributed by atoms with Gasteiger partial charge in [0.25, 0.3) is 0 Å². The van der Waals surface area contributed by atoms with Gasteiger partial charge < -0.3 is 20.3 Å². The van der Waals surface area contributed by atoms with E-state index >= 15 is 0 Å². The van der Waals surface area contributed by atoms with Crippen LogP contribution in [0, 0.1) is 0 Å². The number of nitrogens with two attached hydrogens (primary N) is 1. The first-order chi connectivity index (χ1) is 9.65. The fraction of sp³-hybridized carbons (Fsp3) is 0.533. The molecule has 0 aliphatic heterocycles. The highest BCUT2D eigenvalue weighted by molar-refractivity contribution is 5.88. The van der Waals surface area contributed by atoms with E-state index < -0.39 is 0 Å². The molecule has 1 aromatic carbocycles. The molecule has 0 saturated heterocycles. The van der Waals surface area contributed by atoms with Gasteiger partial charge in [-0.3, -0.25) is 4.99 Å². The van der Waals surface area contributed by atoms with Crippen LogP contribution in [-0.2, 0) is 0 Å². The Balaban J connectivity index is 2.23. The van der Waals surface area contributed by atoms with Crippen molar-refractivity contribution in [3.63, 3.8) is 0 Å². The highest BCUT2D eigenvalue weighted by atomic mass is 16.5. The number of ether oxygens (including phenoxy) is 2. The number of nitrogens with zero attached hydrogens (tertiary/aromatic N) is 1. The molecular formula is C15H22N2O3. The third-order valence-electron chi connectivity index (χ3n) is 3.73. The summed E-state index contributed by atoms with van der Waals surface area (Å²) < 4.78 is 10.4. The van der Waals surface area contributed by atoms with Crippen LogP contribution in [0.5, 0.6) is 17.2 Å². The minimum atomic E-state index is 0.0920. The van der Waals surface area contributed by atoms with Gasteiger partial charge in [0.05, 0.1) is 25.8 Å². The van der Waals surface area contributed by atoms with Crippen LogP contribution in [0.2, 0.25) is 0 Å². The lowest BCUT2D eigenvalue weighted by Gasteiger charge is -2.25. The minimum absolute atomic E-state index is 0.0920. The predicted octanol–water partition coefficient (Wildman–Crippen LogP) is 2.10. The third kappa shape index (κ3) is 3.22. The van der Waals surface area contributed by atoms with Crippen LogP contribution < -0.4 is 15.2 Å². The van der Waals surface area contributed by atoms with Gasteiger partial charge >= 0.3 is 0 Å². The molecule has 2 rings (SSSR count). The summed E-state index contributed by atoms with van der Waals surface area (Å²) in [6, 6.07) is 3.49. The molecule has 0 unspecified atom stereocenters. The summed E-state index contributed by atoms with van der Waals surface area (Å²) in [4.78, 5) is 4.53. The van der Waals surface area contributed by atoms with Gasteiger partial charge in [-0.1, -0.05) is 12.8 Å². The van der Waals surface area contributed by atoms with Crippen molar-refractivity contribution in [1.82, 2.24) is 0 Å². The van der Waals surface area contributed by atoms with Crippen molar-refractivity contribution in [2.24, 2.45) is 10.7 Å². The van der Waals surface area contributed by atoms with Crippen LogP contribution >= 0.6 is 0 Å². The quantitative estimate of drug-likeness (QED) is 0.827. The normalized spacial score (nSPS) is 22.9. The van der Waals surface area contributed by atoms with Crippen LogP contribution in [-0.4, -0.2) is 37.6 Å². The SMILES string of the molecule is COc1cc(O)c(C=N[C@@H]2CCCC[C@H]2N)c(OC)c1. The summed E-state index contributed by atoms with van der Waals surface area (Å²) in [7, 11) is 3.10. The first kappa shape index (κ1) is 14.7. The molecule has 0 aromatic heterocycles. The Morgan fingerprint density at radius 3 is 2.65 bits per heavy atom. The number of rotatable bonds is 4. The number of aromatic hydroxyl groups is 1. The van der Waals surface area contributed by atoms with Crippen molar-refractivity contribution in [3.05, 3.63) is 17.7 Å². The van der Waals surface area contributed by atoms with Gasteiger partial charge in [-0.15, -0.1) is 0 Å². The highest BCUT2D eigenvalue weighted by Crippen LogP contribution is 2.32. The Labute approximate surface area is 119 Å². The number of methoxy groups -OCH3 is 2. The van der Waals surface area contributed by atoms with E-state index in [9.17, 15) is 5.11 Å². The zero-order valence-corrected chi connectivity index (χ0v) is 12.0. The van der Waals surface area contributed by atoms with Crippen molar-refractivity contribution in [2.45, 2.75) is 37.8 Å². The van der Waals surface area contributed by atoms with Crippen molar-refractivity contribution >= 4 is 6.21 Å². The molecule has 0 amide bonds. The summed E-state index contributed by atoms with van der Waals surface area (Å²) in [6.07, 6.45) is 5.99. The molecule has 2 atom stereocenters. The monoisotopic (exact) mass is 278 g/mol. The van der Waals surface area contributed by atoms with Crippen molar-refractivity contribution < 1.29 is 14.6 Å². The van der Waals surface area contributed by atoms with Crippen LogP contribution in [0.15, 0.2) is 17.1 Å². The number of benzene rings is 1. The maximum absolute atomic E-state index is 10.0. The molecule has 0 radical (unpaired) electrons. The maximum atomic E-state index is 10.0. The summed E-state index contributed by atoms with van der Waals surface area (Å²) in [5.74, 6) is 1.18. The number of phenolic OH excluding ortho intramolecular Hbond substituents is 1. The number of phenols is 1. The lowest BCUT2D eigenvalue weighted by Crippen LogP contribution is -2.36. The van der Waals surface area contributed by atoms with Gasteiger partial charge in [-0.2, -0.15) is 0 Å². The Morgan fingerprint density at radius 1 is 1.25 bits per heavy atom. The minimum Gasteiger partial charge on any atom is -0.507 e. The molecule has 1 aromatic rings. The molecule has 0 heterocycles. The molecule has 1 aliphatic rings. The molecular weight excluding hydrogens is 256 g/mol. The van der Waals surface area contributed by atoms with E-state index in [0.29, 0.717) is 17.1 Å². The zero-order chi connectivity index (χ0) is 14.5. The van der Waals surface area contributed by atoms with Crippen molar-refractivity contribution in [2.75, 3.05) is 14.2 Å². The van der Waals surface area contributed by atoms with Crippen molar-refractivity contribution in [3.8, 4) is 17.2 Å². The van der Waals surface area contributed by atoms with Gasteiger partial charge in [0.2, 0.25) is 0 Å². The summed E-state index contributed by atoms with van der Waals surface area (Å²) in [5, 5.41) is 10.0. The molecule has 110 valence electrons. The Bertz CT molecular complexity index is 488. The topological polar surface area (TPSA) is 77.1 Å². The fourth-order valence-corrected chi connectivity index (χ4v) is 2.50. The van der Waals surface area contributed by atoms with E-state index in [-0.39, 0.29) is 17.8 Å². The smallest absolute Gasteiger partial charge is 0.135 e. The van der Waals surface area contributed by atoms with E-state index in [0.717, 1.165) is 19.3 Å². The predicted molar refractivity (Wildman–Crippen MR) is 79.0 cm³/mol. The lowest BCUT2D eigenvalue weighted by atomic mass is 9.91. The van der Waals surface area contributed by atoms with Crippen LogP contribution in [0.1, 0.15) is 31.2 Å². The fourth-order valence-electron chi connectivity index (χ4n) is 2.50. The molecule has 1 fully saturated rings. The average Bonchev–Trinajstić information content (AvgIpc) is 2.46. The first-order valence-corrected chi connectivity index (χ1v) is 6.89. The standard InChI is InChI=1S/C15H22N2O3/c1-19-10-7-14(18)11(15(8-10)20-2)9-17-13-6-4-3-5-12(13)16/h7-9,12-13,18H,3-6,16H2,1-2H3/t12-,13-/m1/s1. The van der Waals surface area contributed by atoms with E-state index in [4.69, 9.17) is 15.2 Å². The zero-order valence-electron chi connectivity index (χ0n) is 12.0. The molecule has 5 heteroatoms. The van der Waals surface area contributed by atoms with Gasteiger partial charge in [-0.25, -0.2) is 0 Å². The highest BCUT2D eigenvalue weighted by Gasteiger charge is 2.20. The Kier molecular flexibility index (Phi) is 4.84. The molecule has 0 spiro atoms. The number of aliphatic imine (C=N–C) groups is 1. The average molecular weight is 278 g/mol. The summed E-state index contributed by atoms with van der Waals surface area (Å²) >= 11 is 0. The Morgan fingerprint density at radius 2 is 2.00 bits per heavy atom. The molecule has 1 aliphatic carbocycles. The Hall–Kier alpha value is -1.75. The van der Waals surface area contributed by atoms with E-state index in [1.165, 1.54) is 6.42 Å². The van der Waals surface area contributed by atoms with Gasteiger partial charge in [0.15, 0.2) is 0 Å². The van der Waals surface area contributed by atoms with Crippen LogP contribution in [0.4, 0.5) is 0 Å². The molecule has 1 saturated carbocycles. The second-order valence-electron chi connectivity index (χ2n) is 5.06. The number of hydrogen-bond acceptors (Lipinski definition) is 5.